The van der Waals surface area contributed by atoms with Crippen molar-refractivity contribution in [3.05, 3.63) is 36.2 Å². The minimum atomic E-state index is 0.357. The maximum absolute atomic E-state index is 4.49. The van der Waals surface area contributed by atoms with Gasteiger partial charge >= 0.3 is 0 Å². The lowest BCUT2D eigenvalue weighted by molar-refractivity contribution is 0.440. The average molecular weight is 243 g/mol. The summed E-state index contributed by atoms with van der Waals surface area (Å²) in [5, 5.41) is 3.55. The SMILES string of the molecule is CCNC(CC(C)C)c1cccc2nccnc12. The van der Waals surface area contributed by atoms with Crippen molar-refractivity contribution in [2.45, 2.75) is 33.2 Å². The van der Waals surface area contributed by atoms with E-state index in [0.29, 0.717) is 12.0 Å². The summed E-state index contributed by atoms with van der Waals surface area (Å²) in [6.45, 7) is 7.61. The lowest BCUT2D eigenvalue weighted by atomic mass is 9.96. The first-order valence-corrected chi connectivity index (χ1v) is 6.65. The quantitative estimate of drug-likeness (QED) is 0.875. The number of fused-ring (bicyclic) bond motifs is 1. The normalized spacial score (nSPS) is 13.1. The highest BCUT2D eigenvalue weighted by Gasteiger charge is 2.15. The molecule has 1 aromatic heterocycles. The van der Waals surface area contributed by atoms with Crippen LogP contribution in [0.2, 0.25) is 0 Å². The molecule has 1 N–H and O–H groups in total. The van der Waals surface area contributed by atoms with Gasteiger partial charge in [0.15, 0.2) is 0 Å². The van der Waals surface area contributed by atoms with Gasteiger partial charge in [-0.1, -0.05) is 32.9 Å². The summed E-state index contributed by atoms with van der Waals surface area (Å²) in [4.78, 5) is 8.86. The van der Waals surface area contributed by atoms with Crippen molar-refractivity contribution in [3.8, 4) is 0 Å². The predicted molar refractivity (Wildman–Crippen MR) is 75.4 cm³/mol. The van der Waals surface area contributed by atoms with Crippen molar-refractivity contribution in [2.75, 3.05) is 6.54 Å². The summed E-state index contributed by atoms with van der Waals surface area (Å²) < 4.78 is 0. The Hall–Kier alpha value is -1.48. The second-order valence-electron chi connectivity index (χ2n) is 5.01. The molecule has 1 unspecified atom stereocenters. The van der Waals surface area contributed by atoms with Crippen molar-refractivity contribution >= 4 is 11.0 Å². The van der Waals surface area contributed by atoms with E-state index in [4.69, 9.17) is 0 Å². The zero-order valence-electron chi connectivity index (χ0n) is 11.4. The fourth-order valence-electron chi connectivity index (χ4n) is 2.33. The molecular weight excluding hydrogens is 222 g/mol. The topological polar surface area (TPSA) is 37.8 Å². The highest BCUT2D eigenvalue weighted by Crippen LogP contribution is 2.26. The van der Waals surface area contributed by atoms with E-state index in [1.165, 1.54) is 5.56 Å². The average Bonchev–Trinajstić information content (AvgIpc) is 2.37. The number of para-hydroxylation sites is 1. The molecule has 3 nitrogen and oxygen atoms in total. The number of rotatable bonds is 5. The highest BCUT2D eigenvalue weighted by atomic mass is 14.9. The number of hydrogen-bond donors (Lipinski definition) is 1. The van der Waals surface area contributed by atoms with Crippen LogP contribution >= 0.6 is 0 Å². The van der Waals surface area contributed by atoms with Gasteiger partial charge in [0.1, 0.15) is 0 Å². The van der Waals surface area contributed by atoms with E-state index >= 15 is 0 Å². The van der Waals surface area contributed by atoms with Crippen LogP contribution in [0.25, 0.3) is 11.0 Å². The fraction of sp³-hybridized carbons (Fsp3) is 0.467. The van der Waals surface area contributed by atoms with Crippen LogP contribution in [0, 0.1) is 5.92 Å². The van der Waals surface area contributed by atoms with Crippen LogP contribution in [-0.2, 0) is 0 Å². The standard InChI is InChI=1S/C15H21N3/c1-4-16-14(10-11(2)3)12-6-5-7-13-15(12)18-9-8-17-13/h5-9,11,14,16H,4,10H2,1-3H3. The van der Waals surface area contributed by atoms with E-state index in [2.05, 4.69) is 48.2 Å². The summed E-state index contributed by atoms with van der Waals surface area (Å²) in [7, 11) is 0. The highest BCUT2D eigenvalue weighted by molar-refractivity contribution is 5.78. The molecule has 0 radical (unpaired) electrons. The van der Waals surface area contributed by atoms with Gasteiger partial charge < -0.3 is 5.32 Å². The van der Waals surface area contributed by atoms with E-state index < -0.39 is 0 Å². The summed E-state index contributed by atoms with van der Waals surface area (Å²) in [6, 6.07) is 6.60. The maximum Gasteiger partial charge on any atom is 0.0934 e. The molecule has 2 aromatic rings. The summed E-state index contributed by atoms with van der Waals surface area (Å²) >= 11 is 0. The number of nitrogens with one attached hydrogen (secondary N) is 1. The Morgan fingerprint density at radius 1 is 1.17 bits per heavy atom. The van der Waals surface area contributed by atoms with Crippen LogP contribution in [0.1, 0.15) is 38.8 Å². The third kappa shape index (κ3) is 2.85. The molecule has 0 saturated heterocycles. The lowest BCUT2D eigenvalue weighted by Gasteiger charge is -2.21. The Balaban J connectivity index is 2.43. The van der Waals surface area contributed by atoms with Crippen LogP contribution in [0.15, 0.2) is 30.6 Å². The number of aromatic nitrogens is 2. The zero-order valence-corrected chi connectivity index (χ0v) is 11.4. The number of hydrogen-bond acceptors (Lipinski definition) is 3. The second kappa shape index (κ2) is 5.91. The van der Waals surface area contributed by atoms with E-state index in [1.807, 2.05) is 6.07 Å². The van der Waals surface area contributed by atoms with Crippen LogP contribution in [-0.4, -0.2) is 16.5 Å². The van der Waals surface area contributed by atoms with E-state index in [9.17, 15) is 0 Å². The minimum absolute atomic E-state index is 0.357. The molecule has 0 fully saturated rings. The van der Waals surface area contributed by atoms with Crippen molar-refractivity contribution in [2.24, 2.45) is 5.92 Å². The molecule has 0 spiro atoms. The maximum atomic E-state index is 4.49. The first kappa shape index (κ1) is 13.0. The van der Waals surface area contributed by atoms with E-state index in [0.717, 1.165) is 24.0 Å². The molecule has 3 heteroatoms. The van der Waals surface area contributed by atoms with Gasteiger partial charge in [0.05, 0.1) is 11.0 Å². The first-order chi connectivity index (χ1) is 8.72. The largest absolute Gasteiger partial charge is 0.310 e. The van der Waals surface area contributed by atoms with Gasteiger partial charge in [-0.15, -0.1) is 0 Å². The van der Waals surface area contributed by atoms with Gasteiger partial charge in [-0.25, -0.2) is 0 Å². The summed E-state index contributed by atoms with van der Waals surface area (Å²) in [6.07, 6.45) is 4.63. The molecule has 1 atom stereocenters. The van der Waals surface area contributed by atoms with Crippen molar-refractivity contribution < 1.29 is 0 Å². The Bertz CT molecular complexity index is 503. The Morgan fingerprint density at radius 2 is 1.94 bits per heavy atom. The molecule has 18 heavy (non-hydrogen) atoms. The molecule has 1 aromatic carbocycles. The Labute approximate surface area is 109 Å². The van der Waals surface area contributed by atoms with Crippen molar-refractivity contribution in [1.82, 2.24) is 15.3 Å². The molecule has 0 amide bonds. The molecule has 1 heterocycles. The predicted octanol–water partition coefficient (Wildman–Crippen LogP) is 3.33. The van der Waals surface area contributed by atoms with Crippen molar-refractivity contribution in [1.29, 1.82) is 0 Å². The monoisotopic (exact) mass is 243 g/mol. The Morgan fingerprint density at radius 3 is 2.67 bits per heavy atom. The molecule has 0 saturated carbocycles. The van der Waals surface area contributed by atoms with E-state index in [1.54, 1.807) is 12.4 Å². The van der Waals surface area contributed by atoms with Gasteiger partial charge in [0.25, 0.3) is 0 Å². The molecule has 0 bridgehead atoms. The van der Waals surface area contributed by atoms with Crippen LogP contribution in [0.5, 0.6) is 0 Å². The fourth-order valence-corrected chi connectivity index (χ4v) is 2.33. The van der Waals surface area contributed by atoms with Gasteiger partial charge in [-0.3, -0.25) is 9.97 Å². The van der Waals surface area contributed by atoms with Gasteiger partial charge in [-0.2, -0.15) is 0 Å². The molecule has 0 aliphatic carbocycles. The summed E-state index contributed by atoms with van der Waals surface area (Å²) in [5.41, 5.74) is 3.25. The summed E-state index contributed by atoms with van der Waals surface area (Å²) in [5.74, 6) is 0.654. The lowest BCUT2D eigenvalue weighted by Crippen LogP contribution is -2.22. The zero-order chi connectivity index (χ0) is 13.0. The third-order valence-corrected chi connectivity index (χ3v) is 3.06. The van der Waals surface area contributed by atoms with Crippen LogP contribution in [0.4, 0.5) is 0 Å². The molecule has 0 aliphatic rings. The molecular formula is C15H21N3. The smallest absolute Gasteiger partial charge is 0.0934 e. The second-order valence-corrected chi connectivity index (χ2v) is 5.01. The molecule has 96 valence electrons. The van der Waals surface area contributed by atoms with Gasteiger partial charge in [0, 0.05) is 18.4 Å². The minimum Gasteiger partial charge on any atom is -0.310 e. The first-order valence-electron chi connectivity index (χ1n) is 6.65. The Kier molecular flexibility index (Phi) is 4.26. The number of benzene rings is 1. The van der Waals surface area contributed by atoms with Crippen molar-refractivity contribution in [3.63, 3.8) is 0 Å². The van der Waals surface area contributed by atoms with Crippen LogP contribution in [0.3, 0.4) is 0 Å². The van der Waals surface area contributed by atoms with Gasteiger partial charge in [0.2, 0.25) is 0 Å². The molecule has 2 rings (SSSR count). The number of nitrogens with zero attached hydrogens (tertiary/aromatic N) is 2. The third-order valence-electron chi connectivity index (χ3n) is 3.06. The van der Waals surface area contributed by atoms with Gasteiger partial charge in [-0.05, 0) is 30.5 Å². The van der Waals surface area contributed by atoms with Crippen LogP contribution < -0.4 is 5.32 Å². The van der Waals surface area contributed by atoms with E-state index in [-0.39, 0.29) is 0 Å². The molecule has 0 aliphatic heterocycles.